The topological polar surface area (TPSA) is 51.0 Å². The van der Waals surface area contributed by atoms with E-state index in [2.05, 4.69) is 123 Å². The van der Waals surface area contributed by atoms with Crippen LogP contribution in [0.2, 0.25) is 5.04 Å². The van der Waals surface area contributed by atoms with Gasteiger partial charge >= 0.3 is 0 Å². The van der Waals surface area contributed by atoms with Gasteiger partial charge in [0, 0.05) is 24.6 Å². The molecule has 1 saturated heterocycles. The molecule has 0 unspecified atom stereocenters. The minimum Gasteiger partial charge on any atom is -0.493 e. The van der Waals surface area contributed by atoms with E-state index in [-0.39, 0.29) is 5.04 Å². The van der Waals surface area contributed by atoms with Crippen molar-refractivity contribution in [2.75, 3.05) is 40.3 Å². The highest BCUT2D eigenvalue weighted by Crippen LogP contribution is 2.40. The van der Waals surface area contributed by atoms with Crippen LogP contribution in [0.25, 0.3) is 11.0 Å². The second-order valence-electron chi connectivity index (χ2n) is 17.2. The Morgan fingerprint density at radius 1 is 0.784 bits per heavy atom. The van der Waals surface area contributed by atoms with Gasteiger partial charge in [-0.3, -0.25) is 0 Å². The van der Waals surface area contributed by atoms with Crippen molar-refractivity contribution in [3.63, 3.8) is 0 Å². The zero-order chi connectivity index (χ0) is 35.4. The Kier molecular flexibility index (Phi) is 11.4. The van der Waals surface area contributed by atoms with Crippen LogP contribution in [-0.2, 0) is 17.4 Å². The summed E-state index contributed by atoms with van der Waals surface area (Å²) in [7, 11) is 1.70. The molecule has 2 heterocycles. The van der Waals surface area contributed by atoms with Crippen LogP contribution in [0, 0.1) is 17.8 Å². The molecule has 1 aliphatic heterocycles. The molecule has 274 valence electrons. The van der Waals surface area contributed by atoms with Gasteiger partial charge in [-0.15, -0.1) is 0 Å². The fraction of sp³-hybridized carbons (Fsp3) is 0.568. The normalized spacial score (nSPS) is 21.1. The summed E-state index contributed by atoms with van der Waals surface area (Å²) in [6.07, 6.45) is 12.5. The number of ether oxygens (including phenoxy) is 1. The number of nitrogens with zero attached hydrogens (tertiary/aromatic N) is 3. The standard InChI is InChI=1S/C44H61N3O3Si/c1-44(2,3)51(37-12-8-6-9-13-37,38-14-10-7-11-15-38)50-36-21-18-34(19-22-36)30-47-28-26-33(27-29-47)20-24-41-39-23-25-42(48-32-35-16-17-35)40(31-46(4)5)43(39)49-45-41/h6-15,23,25,33-36H,16-22,24,26-32H2,1-5H3/t34-,36+. The van der Waals surface area contributed by atoms with Crippen molar-refractivity contribution in [1.29, 1.82) is 0 Å². The molecule has 51 heavy (non-hydrogen) atoms. The summed E-state index contributed by atoms with van der Waals surface area (Å²) in [6.45, 7) is 12.5. The van der Waals surface area contributed by atoms with Crippen LogP contribution >= 0.6 is 0 Å². The molecular formula is C44H61N3O3Si. The third kappa shape index (κ3) is 8.48. The predicted molar refractivity (Wildman–Crippen MR) is 212 cm³/mol. The van der Waals surface area contributed by atoms with Gasteiger partial charge in [-0.05, 0) is 137 Å². The average Bonchev–Trinajstić information content (AvgIpc) is 3.88. The smallest absolute Gasteiger partial charge is 0.261 e. The number of rotatable bonds is 14. The van der Waals surface area contributed by atoms with E-state index in [1.807, 2.05) is 0 Å². The van der Waals surface area contributed by atoms with Crippen LogP contribution in [0.1, 0.15) is 89.8 Å². The molecule has 0 N–H and O–H groups in total. The number of aromatic nitrogens is 1. The SMILES string of the molecule is CN(C)Cc1c(OCC2CC2)ccc2c(CCC3CCN(C[C@H]4CC[C@@H](O[Si](c5ccccc5)(c5ccccc5)C(C)(C)C)CC4)CC3)noc12. The number of piperidine rings is 1. The number of likely N-dealkylation sites (tertiary alicyclic amines) is 1. The fourth-order valence-corrected chi connectivity index (χ4v) is 13.7. The van der Waals surface area contributed by atoms with Crippen LogP contribution < -0.4 is 15.1 Å². The molecule has 3 fully saturated rings. The van der Waals surface area contributed by atoms with Crippen molar-refractivity contribution in [2.24, 2.45) is 17.8 Å². The van der Waals surface area contributed by atoms with Gasteiger partial charge in [0.25, 0.3) is 8.32 Å². The maximum Gasteiger partial charge on any atom is 0.261 e. The molecule has 2 saturated carbocycles. The zero-order valence-electron chi connectivity index (χ0n) is 31.9. The zero-order valence-corrected chi connectivity index (χ0v) is 32.9. The van der Waals surface area contributed by atoms with Crippen molar-refractivity contribution in [1.82, 2.24) is 15.0 Å². The van der Waals surface area contributed by atoms with E-state index in [0.717, 1.165) is 65.3 Å². The molecule has 3 aliphatic rings. The van der Waals surface area contributed by atoms with Crippen molar-refractivity contribution in [3.8, 4) is 5.75 Å². The number of fused-ring (bicyclic) bond motifs is 1. The molecule has 0 bridgehead atoms. The van der Waals surface area contributed by atoms with Gasteiger partial charge in [0.2, 0.25) is 0 Å². The van der Waals surface area contributed by atoms with Crippen LogP contribution in [0.15, 0.2) is 77.3 Å². The molecule has 0 atom stereocenters. The molecule has 6 nitrogen and oxygen atoms in total. The lowest BCUT2D eigenvalue weighted by Gasteiger charge is -2.46. The first-order valence-corrected chi connectivity index (χ1v) is 21.8. The van der Waals surface area contributed by atoms with E-state index in [1.54, 1.807) is 0 Å². The van der Waals surface area contributed by atoms with Crippen LogP contribution in [0.5, 0.6) is 5.75 Å². The Hall–Kier alpha value is -2.97. The lowest BCUT2D eigenvalue weighted by molar-refractivity contribution is 0.0924. The Balaban J connectivity index is 0.904. The first kappa shape index (κ1) is 36.4. The number of aryl methyl sites for hydroxylation is 1. The molecule has 0 radical (unpaired) electrons. The van der Waals surface area contributed by atoms with E-state index < -0.39 is 8.32 Å². The molecule has 7 heteroatoms. The summed E-state index contributed by atoms with van der Waals surface area (Å²) in [5, 5.41) is 8.57. The molecule has 0 amide bonds. The molecule has 2 aliphatic carbocycles. The minimum atomic E-state index is -2.50. The van der Waals surface area contributed by atoms with Crippen molar-refractivity contribution in [3.05, 3.63) is 84.1 Å². The van der Waals surface area contributed by atoms with Gasteiger partial charge in [0.15, 0.2) is 5.58 Å². The lowest BCUT2D eigenvalue weighted by atomic mass is 9.86. The van der Waals surface area contributed by atoms with Gasteiger partial charge < -0.3 is 23.5 Å². The van der Waals surface area contributed by atoms with E-state index in [1.165, 1.54) is 87.8 Å². The summed E-state index contributed by atoms with van der Waals surface area (Å²) in [5.74, 6) is 3.21. The van der Waals surface area contributed by atoms with E-state index in [4.69, 9.17) is 13.7 Å². The Labute approximate surface area is 308 Å². The second-order valence-corrected chi connectivity index (χ2v) is 21.5. The summed E-state index contributed by atoms with van der Waals surface area (Å²) < 4.78 is 19.8. The molecule has 1 aromatic heterocycles. The van der Waals surface area contributed by atoms with Crippen LogP contribution in [0.4, 0.5) is 0 Å². The van der Waals surface area contributed by atoms with E-state index in [9.17, 15) is 0 Å². The van der Waals surface area contributed by atoms with E-state index >= 15 is 0 Å². The molecule has 7 rings (SSSR count). The van der Waals surface area contributed by atoms with Gasteiger partial charge in [-0.2, -0.15) is 0 Å². The first-order valence-electron chi connectivity index (χ1n) is 19.9. The minimum absolute atomic E-state index is 0.0280. The Morgan fingerprint density at radius 3 is 2.00 bits per heavy atom. The number of hydrogen-bond acceptors (Lipinski definition) is 6. The maximum atomic E-state index is 7.51. The van der Waals surface area contributed by atoms with Gasteiger partial charge in [0.05, 0.1) is 17.9 Å². The first-order chi connectivity index (χ1) is 24.7. The highest BCUT2D eigenvalue weighted by atomic mass is 28.4. The third-order valence-corrected chi connectivity index (χ3v) is 17.1. The summed E-state index contributed by atoms with van der Waals surface area (Å²) in [5.41, 5.74) is 3.15. The second kappa shape index (κ2) is 16.0. The van der Waals surface area contributed by atoms with Crippen molar-refractivity contribution in [2.45, 2.75) is 103 Å². The van der Waals surface area contributed by atoms with Crippen LogP contribution in [0.3, 0.4) is 0 Å². The quantitative estimate of drug-likeness (QED) is 0.123. The monoisotopic (exact) mass is 707 g/mol. The lowest BCUT2D eigenvalue weighted by Crippen LogP contribution is -2.67. The van der Waals surface area contributed by atoms with Crippen molar-refractivity contribution < 1.29 is 13.7 Å². The fourth-order valence-electron chi connectivity index (χ4n) is 8.90. The van der Waals surface area contributed by atoms with Gasteiger partial charge in [-0.25, -0.2) is 0 Å². The van der Waals surface area contributed by atoms with Crippen molar-refractivity contribution >= 4 is 29.7 Å². The predicted octanol–water partition coefficient (Wildman–Crippen LogP) is 8.46. The molecule has 0 spiro atoms. The van der Waals surface area contributed by atoms with E-state index in [0.29, 0.717) is 6.10 Å². The largest absolute Gasteiger partial charge is 0.493 e. The van der Waals surface area contributed by atoms with Crippen LogP contribution in [-0.4, -0.2) is 69.7 Å². The Bertz CT molecular complexity index is 1640. The van der Waals surface area contributed by atoms with Gasteiger partial charge in [-0.1, -0.05) is 86.6 Å². The molecule has 3 aromatic carbocycles. The average molecular weight is 708 g/mol. The summed E-state index contributed by atoms with van der Waals surface area (Å²) >= 11 is 0. The maximum absolute atomic E-state index is 7.51. The molecule has 4 aromatic rings. The summed E-state index contributed by atoms with van der Waals surface area (Å²) in [6, 6.07) is 26.6. The number of benzene rings is 3. The summed E-state index contributed by atoms with van der Waals surface area (Å²) in [4.78, 5) is 4.94. The highest BCUT2D eigenvalue weighted by molar-refractivity contribution is 6.99. The third-order valence-electron chi connectivity index (χ3n) is 12.0. The van der Waals surface area contributed by atoms with Gasteiger partial charge in [0.1, 0.15) is 5.75 Å². The Morgan fingerprint density at radius 2 is 1.41 bits per heavy atom. The highest BCUT2D eigenvalue weighted by Gasteiger charge is 2.51. The number of hydrogen-bond donors (Lipinski definition) is 0. The molecular weight excluding hydrogens is 647 g/mol.